The van der Waals surface area contributed by atoms with Crippen molar-refractivity contribution >= 4 is 33.6 Å². The van der Waals surface area contributed by atoms with E-state index in [2.05, 4.69) is 15.9 Å². The third kappa shape index (κ3) is 3.61. The van der Waals surface area contributed by atoms with E-state index in [1.165, 1.54) is 36.4 Å². The number of nitrogens with zero attached hydrogens (tertiary/aromatic N) is 2. The molecule has 0 spiro atoms. The van der Waals surface area contributed by atoms with Crippen LogP contribution in [0, 0.1) is 17.1 Å². The van der Waals surface area contributed by atoms with Crippen LogP contribution in [0.4, 0.5) is 10.1 Å². The molecule has 1 aromatic rings. The van der Waals surface area contributed by atoms with Crippen LogP contribution in [0.1, 0.15) is 5.56 Å². The van der Waals surface area contributed by atoms with Crippen LogP contribution in [-0.4, -0.2) is 26.2 Å². The number of nitriles is 1. The van der Waals surface area contributed by atoms with Gasteiger partial charge in [-0.15, -0.1) is 0 Å². The van der Waals surface area contributed by atoms with Gasteiger partial charge in [-0.2, -0.15) is 5.26 Å². The number of methoxy groups -OCH3 is 2. The fourth-order valence-electron chi connectivity index (χ4n) is 2.18. The summed E-state index contributed by atoms with van der Waals surface area (Å²) in [6.07, 6.45) is 5.93. The van der Waals surface area contributed by atoms with Gasteiger partial charge in [-0.05, 0) is 40.2 Å². The van der Waals surface area contributed by atoms with Gasteiger partial charge in [-0.3, -0.25) is 0 Å². The molecular weight excluding hydrogens is 395 g/mol. The molecule has 128 valence electrons. The van der Waals surface area contributed by atoms with Gasteiger partial charge < -0.3 is 14.4 Å². The maximum atomic E-state index is 13.8. The van der Waals surface area contributed by atoms with E-state index in [-0.39, 0.29) is 27.0 Å². The lowest BCUT2D eigenvalue weighted by Crippen LogP contribution is -2.27. The molecule has 0 N–H and O–H groups in total. The minimum absolute atomic E-state index is 0.0298. The summed E-state index contributed by atoms with van der Waals surface area (Å²) in [7, 11) is 2.34. The number of carbonyl (C=O) groups is 2. The molecule has 6 nitrogen and oxygen atoms in total. The molecule has 25 heavy (non-hydrogen) atoms. The molecule has 0 aliphatic carbocycles. The van der Waals surface area contributed by atoms with Gasteiger partial charge in [0.1, 0.15) is 17.6 Å². The highest BCUT2D eigenvalue weighted by Gasteiger charge is 2.29. The zero-order valence-electron chi connectivity index (χ0n) is 13.2. The predicted molar refractivity (Wildman–Crippen MR) is 90.6 cm³/mol. The van der Waals surface area contributed by atoms with Crippen molar-refractivity contribution in [2.24, 2.45) is 0 Å². The van der Waals surface area contributed by atoms with Crippen molar-refractivity contribution in [1.29, 1.82) is 5.26 Å². The Morgan fingerprint density at radius 3 is 2.48 bits per heavy atom. The molecule has 8 heteroatoms. The summed E-state index contributed by atoms with van der Waals surface area (Å²) >= 11 is 3.05. The van der Waals surface area contributed by atoms with Gasteiger partial charge in [-0.25, -0.2) is 14.0 Å². The summed E-state index contributed by atoms with van der Waals surface area (Å²) in [5.41, 5.74) is -0.0616. The molecule has 0 bridgehead atoms. The fourth-order valence-corrected chi connectivity index (χ4v) is 2.51. The van der Waals surface area contributed by atoms with Gasteiger partial charge in [0.2, 0.25) is 0 Å². The van der Waals surface area contributed by atoms with Crippen molar-refractivity contribution in [3.05, 3.63) is 63.7 Å². The number of benzene rings is 1. The highest BCUT2D eigenvalue weighted by molar-refractivity contribution is 9.10. The van der Waals surface area contributed by atoms with Gasteiger partial charge in [0.25, 0.3) is 0 Å². The van der Waals surface area contributed by atoms with Crippen LogP contribution in [0.3, 0.4) is 0 Å². The third-order valence-corrected chi connectivity index (χ3v) is 3.92. The van der Waals surface area contributed by atoms with Crippen LogP contribution in [0.2, 0.25) is 0 Å². The quantitative estimate of drug-likeness (QED) is 0.717. The zero-order valence-corrected chi connectivity index (χ0v) is 14.8. The van der Waals surface area contributed by atoms with Crippen molar-refractivity contribution in [3.63, 3.8) is 0 Å². The Morgan fingerprint density at radius 1 is 1.20 bits per heavy atom. The summed E-state index contributed by atoms with van der Waals surface area (Å²) in [5.74, 6) is -2.21. The molecule has 1 aromatic carbocycles. The average molecular weight is 407 g/mol. The van der Waals surface area contributed by atoms with Gasteiger partial charge in [0.05, 0.1) is 35.5 Å². The number of esters is 2. The van der Waals surface area contributed by atoms with Crippen molar-refractivity contribution < 1.29 is 23.5 Å². The average Bonchev–Trinajstić information content (AvgIpc) is 2.85. The van der Waals surface area contributed by atoms with Gasteiger partial charge in [0.15, 0.2) is 0 Å². The summed E-state index contributed by atoms with van der Waals surface area (Å²) in [4.78, 5) is 25.7. The summed E-state index contributed by atoms with van der Waals surface area (Å²) < 4.78 is 23.3. The third-order valence-electron chi connectivity index (χ3n) is 3.31. The number of hydrogen-bond donors (Lipinski definition) is 0. The van der Waals surface area contributed by atoms with E-state index < -0.39 is 17.8 Å². The van der Waals surface area contributed by atoms with Crippen molar-refractivity contribution in [3.8, 4) is 6.07 Å². The standard InChI is InChI=1S/C17H12BrFN2O4/c1-24-16(22)11-5-3-4-6-21(15(11)17(23)25-2)14-8-12(18)13(19)7-10(14)9-20/h3-8H,1-2H3. The molecular formula is C17H12BrFN2O4. The molecule has 1 heterocycles. The molecule has 1 aliphatic heterocycles. The Balaban J connectivity index is 2.78. The Kier molecular flexibility index (Phi) is 5.72. The molecule has 0 atom stereocenters. The molecule has 2 rings (SSSR count). The number of anilines is 1. The second-order valence-electron chi connectivity index (χ2n) is 4.71. The van der Waals surface area contributed by atoms with E-state index in [0.29, 0.717) is 0 Å². The number of ether oxygens (including phenoxy) is 2. The van der Waals surface area contributed by atoms with Crippen LogP contribution in [0.25, 0.3) is 0 Å². The van der Waals surface area contributed by atoms with E-state index in [4.69, 9.17) is 9.47 Å². The van der Waals surface area contributed by atoms with Crippen LogP contribution in [-0.2, 0) is 19.1 Å². The number of halogens is 2. The topological polar surface area (TPSA) is 79.6 Å². The number of allylic oxidation sites excluding steroid dienone is 2. The maximum absolute atomic E-state index is 13.8. The van der Waals surface area contributed by atoms with Gasteiger partial charge in [-0.1, -0.05) is 6.08 Å². The Labute approximate surface area is 151 Å². The zero-order chi connectivity index (χ0) is 18.6. The first-order valence-electron chi connectivity index (χ1n) is 6.88. The number of hydrogen-bond acceptors (Lipinski definition) is 6. The van der Waals surface area contributed by atoms with Gasteiger partial charge in [0, 0.05) is 6.20 Å². The van der Waals surface area contributed by atoms with E-state index in [9.17, 15) is 19.2 Å². The highest BCUT2D eigenvalue weighted by atomic mass is 79.9. The second-order valence-corrected chi connectivity index (χ2v) is 5.57. The van der Waals surface area contributed by atoms with Crippen molar-refractivity contribution in [1.82, 2.24) is 0 Å². The molecule has 0 amide bonds. The lowest BCUT2D eigenvalue weighted by molar-refractivity contribution is -0.139. The minimum atomic E-state index is -0.819. The summed E-state index contributed by atoms with van der Waals surface area (Å²) in [6.45, 7) is 0. The molecule has 0 aromatic heterocycles. The van der Waals surface area contributed by atoms with Crippen molar-refractivity contribution in [2.75, 3.05) is 19.1 Å². The number of carbonyl (C=O) groups excluding carboxylic acids is 2. The summed E-state index contributed by atoms with van der Waals surface area (Å²) in [6, 6.07) is 4.23. The first-order valence-corrected chi connectivity index (χ1v) is 7.68. The first-order chi connectivity index (χ1) is 11.9. The van der Waals surface area contributed by atoms with Crippen LogP contribution in [0.5, 0.6) is 0 Å². The molecule has 0 fully saturated rings. The predicted octanol–water partition coefficient (Wildman–Crippen LogP) is 2.95. The largest absolute Gasteiger partial charge is 0.465 e. The van der Waals surface area contributed by atoms with Crippen molar-refractivity contribution in [2.45, 2.75) is 0 Å². The Bertz CT molecular complexity index is 868. The monoisotopic (exact) mass is 406 g/mol. The van der Waals surface area contributed by atoms with E-state index in [1.807, 2.05) is 6.07 Å². The highest BCUT2D eigenvalue weighted by Crippen LogP contribution is 2.32. The Hall–Kier alpha value is -2.92. The summed E-state index contributed by atoms with van der Waals surface area (Å²) in [5, 5.41) is 9.32. The van der Waals surface area contributed by atoms with E-state index >= 15 is 0 Å². The molecule has 0 unspecified atom stereocenters. The molecule has 1 aliphatic rings. The van der Waals surface area contributed by atoms with E-state index in [1.54, 1.807) is 6.08 Å². The second kappa shape index (κ2) is 7.77. The lowest BCUT2D eigenvalue weighted by Gasteiger charge is -2.24. The minimum Gasteiger partial charge on any atom is -0.465 e. The Morgan fingerprint density at radius 2 is 1.88 bits per heavy atom. The van der Waals surface area contributed by atoms with Crippen LogP contribution in [0.15, 0.2) is 52.3 Å². The SMILES string of the molecule is COC(=O)C1=C(C(=O)OC)N(c2cc(Br)c(F)cc2C#N)C=CC=C1. The normalized spacial score (nSPS) is 13.3. The number of rotatable bonds is 3. The first kappa shape index (κ1) is 18.4. The smallest absolute Gasteiger partial charge is 0.355 e. The maximum Gasteiger partial charge on any atom is 0.355 e. The lowest BCUT2D eigenvalue weighted by atomic mass is 10.1. The molecule has 0 radical (unpaired) electrons. The van der Waals surface area contributed by atoms with Crippen LogP contribution >= 0.6 is 15.9 Å². The van der Waals surface area contributed by atoms with E-state index in [0.717, 1.165) is 13.2 Å². The van der Waals surface area contributed by atoms with Crippen LogP contribution < -0.4 is 4.90 Å². The molecule has 0 saturated heterocycles. The van der Waals surface area contributed by atoms with Gasteiger partial charge >= 0.3 is 11.9 Å². The fraction of sp³-hybridized carbons (Fsp3) is 0.118. The molecule has 0 saturated carbocycles.